The molecule has 0 saturated heterocycles. The fourth-order valence-corrected chi connectivity index (χ4v) is 7.26. The maximum atomic E-state index is 15.0. The number of halogens is 6. The van der Waals surface area contributed by atoms with Gasteiger partial charge in [-0.2, -0.15) is 0 Å². The summed E-state index contributed by atoms with van der Waals surface area (Å²) in [6.07, 6.45) is -13.8. The van der Waals surface area contributed by atoms with Crippen molar-refractivity contribution in [3.8, 4) is 17.2 Å². The van der Waals surface area contributed by atoms with Crippen molar-refractivity contribution in [3.63, 3.8) is 0 Å². The Labute approximate surface area is 207 Å². The van der Waals surface area contributed by atoms with Gasteiger partial charge in [-0.15, -0.1) is 0 Å². The van der Waals surface area contributed by atoms with Crippen LogP contribution in [0.4, 0.5) is 26.3 Å². The molecule has 0 bridgehead atoms. The predicted molar refractivity (Wildman–Crippen MR) is 123 cm³/mol. The molecule has 3 aromatic carbocycles. The second-order valence-corrected chi connectivity index (χ2v) is 10.6. The van der Waals surface area contributed by atoms with Crippen molar-refractivity contribution in [1.29, 1.82) is 0 Å². The second kappa shape index (κ2) is 9.33. The molecule has 0 aromatic heterocycles. The Balaban J connectivity index is 2.15. The van der Waals surface area contributed by atoms with Gasteiger partial charge < -0.3 is 0 Å². The monoisotopic (exact) mass is 547 g/mol. The molecule has 0 aliphatic carbocycles. The predicted octanol–water partition coefficient (Wildman–Crippen LogP) is 7.68. The first-order valence-corrected chi connectivity index (χ1v) is 12.7. The van der Waals surface area contributed by atoms with Gasteiger partial charge in [-0.3, -0.25) is 0 Å². The van der Waals surface area contributed by atoms with Crippen molar-refractivity contribution < 1.29 is 49.2 Å². The summed E-state index contributed by atoms with van der Waals surface area (Å²) in [5, 5.41) is -5.18. The van der Waals surface area contributed by atoms with Crippen molar-refractivity contribution in [2.45, 2.75) is 24.6 Å². The average molecular weight is 547 g/mol. The van der Waals surface area contributed by atoms with E-state index in [0.717, 1.165) is 36.4 Å². The molecule has 0 fully saturated rings. The number of hydrogen-bond acceptors (Lipinski definition) is 6. The van der Waals surface area contributed by atoms with E-state index >= 15 is 26.3 Å². The summed E-state index contributed by atoms with van der Waals surface area (Å²) in [7, 11) is -7.17. The van der Waals surface area contributed by atoms with E-state index in [1.807, 2.05) is 0 Å². The van der Waals surface area contributed by atoms with E-state index in [9.17, 15) is 0 Å². The molecule has 37 heavy (non-hydrogen) atoms. The summed E-state index contributed by atoms with van der Waals surface area (Å²) < 4.78 is 117. The molecule has 1 heterocycles. The minimum atomic E-state index is -7.17. The van der Waals surface area contributed by atoms with Crippen LogP contribution in [0.15, 0.2) is 96.0 Å². The van der Waals surface area contributed by atoms with Gasteiger partial charge in [0.2, 0.25) is 0 Å². The molecule has 0 spiro atoms. The Hall–Kier alpha value is -3.66. The van der Waals surface area contributed by atoms with Crippen molar-refractivity contribution in [3.05, 3.63) is 91.0 Å². The summed E-state index contributed by atoms with van der Waals surface area (Å²) in [6, 6.07) is 19.3. The molecule has 0 atom stereocenters. The third-order valence-electron chi connectivity index (χ3n) is 5.09. The fraction of sp³-hybridized carbons (Fsp3) is 0.208. The van der Waals surface area contributed by atoms with E-state index in [1.54, 1.807) is 0 Å². The first kappa shape index (κ1) is 26.4. The summed E-state index contributed by atoms with van der Waals surface area (Å²) in [6.45, 7) is 0.954. The Morgan fingerprint density at radius 2 is 1.03 bits per heavy atom. The van der Waals surface area contributed by atoms with Crippen LogP contribution in [0, 0.1) is 0 Å². The molecule has 3 aromatic rings. The van der Waals surface area contributed by atoms with Gasteiger partial charge in [0.1, 0.15) is 0 Å². The zero-order valence-corrected chi connectivity index (χ0v) is 20.0. The zero-order chi connectivity index (χ0) is 26.8. The normalized spacial score (nSPS) is 18.9. The number of hydrogen-bond donors (Lipinski definition) is 0. The van der Waals surface area contributed by atoms with Crippen molar-refractivity contribution in [2.24, 2.45) is 4.99 Å². The average Bonchev–Trinajstić information content (AvgIpc) is 3.12. The van der Waals surface area contributed by atoms with Gasteiger partial charge in [0.05, 0.1) is 0 Å². The minimum absolute atomic E-state index is 0.376. The summed E-state index contributed by atoms with van der Waals surface area (Å²) in [5.74, 6) is -1.38. The van der Waals surface area contributed by atoms with Crippen LogP contribution < -0.4 is 13.6 Å². The van der Waals surface area contributed by atoms with E-state index in [4.69, 9.17) is 22.8 Å². The first-order chi connectivity index (χ1) is 17.4. The topological polar surface area (TPSA) is 58.5 Å². The molecule has 0 radical (unpaired) electrons. The van der Waals surface area contributed by atoms with Crippen LogP contribution in [0.1, 0.15) is 6.92 Å². The summed E-state index contributed by atoms with van der Waals surface area (Å²) in [5.41, 5.74) is 0. The van der Waals surface area contributed by atoms with Crippen LogP contribution in [-0.2, 0) is 9.26 Å². The van der Waals surface area contributed by atoms with Crippen molar-refractivity contribution >= 4 is 13.6 Å². The summed E-state index contributed by atoms with van der Waals surface area (Å²) >= 11 is 0. The number of alkyl halides is 6. The van der Waals surface area contributed by atoms with Crippen LogP contribution in [0.3, 0.4) is 0 Å². The number of benzene rings is 3. The third-order valence-corrected chi connectivity index (χ3v) is 8.81. The molecular weight excluding hydrogens is 527 g/mol. The van der Waals surface area contributed by atoms with Crippen LogP contribution in [0.2, 0.25) is 0 Å². The fourth-order valence-electron chi connectivity index (χ4n) is 3.62. The van der Waals surface area contributed by atoms with Gasteiger partial charge in [-0.05, 0) is 0 Å². The summed E-state index contributed by atoms with van der Waals surface area (Å²) in [4.78, 5) is 2.97. The van der Waals surface area contributed by atoms with Crippen LogP contribution in [0.25, 0.3) is 0 Å². The molecule has 6 nitrogen and oxygen atoms in total. The van der Waals surface area contributed by atoms with E-state index in [1.165, 1.54) is 61.5 Å². The van der Waals surface area contributed by atoms with E-state index < -0.39 is 48.5 Å². The molecule has 0 N–H and O–H groups in total. The van der Waals surface area contributed by atoms with Crippen molar-refractivity contribution in [2.75, 3.05) is 6.61 Å². The SMILES string of the molecule is CCOC1=NC(C(F)(F)F)(C(F)(F)F)P(Oc2ccccc2)(Oc2ccccc2)(Oc2ccccc2)O1. The molecule has 4 rings (SSSR count). The van der Waals surface area contributed by atoms with Gasteiger partial charge in [0, 0.05) is 0 Å². The standard InChI is InChI=1S/C24H20F6NO5P/c1-2-32-21-31-22(23(25,26)27,24(28,29)30)37(36-21,33-18-12-6-3-7-13-18,34-19-14-8-4-9-15-19)35-20-16-10-5-11-17-20/h3-17H,2H2,1H3. The molecule has 198 valence electrons. The molecule has 1 aliphatic heterocycles. The molecule has 1 aliphatic rings. The number of aliphatic imine (C=N–C) groups is 1. The van der Waals surface area contributed by atoms with Gasteiger partial charge in [0.25, 0.3) is 0 Å². The third kappa shape index (κ3) is 4.39. The van der Waals surface area contributed by atoms with Gasteiger partial charge in [0.15, 0.2) is 0 Å². The Morgan fingerprint density at radius 1 is 0.676 bits per heavy atom. The van der Waals surface area contributed by atoms with Crippen LogP contribution in [0.5, 0.6) is 17.2 Å². The van der Waals surface area contributed by atoms with Crippen molar-refractivity contribution in [1.82, 2.24) is 0 Å². The van der Waals surface area contributed by atoms with Gasteiger partial charge >= 0.3 is 207 Å². The van der Waals surface area contributed by atoms with E-state index in [2.05, 4.69) is 4.99 Å². The Kier molecular flexibility index (Phi) is 6.66. The molecule has 13 heteroatoms. The van der Waals surface area contributed by atoms with Gasteiger partial charge in [-0.1, -0.05) is 0 Å². The quantitative estimate of drug-likeness (QED) is 0.224. The molecule has 0 unspecified atom stereocenters. The molecule has 0 saturated carbocycles. The number of ether oxygens (including phenoxy) is 1. The number of rotatable bonds is 7. The molecular formula is C24H20F6NO5P. The maximum absolute atomic E-state index is 15.0. The van der Waals surface area contributed by atoms with Gasteiger partial charge in [-0.25, -0.2) is 0 Å². The van der Waals surface area contributed by atoms with Crippen LogP contribution >= 0.6 is 7.51 Å². The zero-order valence-electron chi connectivity index (χ0n) is 19.1. The van der Waals surface area contributed by atoms with E-state index in [-0.39, 0.29) is 6.61 Å². The number of nitrogens with zero attached hydrogens (tertiary/aromatic N) is 1. The Bertz CT molecular complexity index is 1120. The second-order valence-electron chi connectivity index (χ2n) is 7.60. The molecule has 0 amide bonds. The number of para-hydroxylation sites is 3. The Morgan fingerprint density at radius 3 is 1.32 bits per heavy atom. The first-order valence-electron chi connectivity index (χ1n) is 10.8. The van der Waals surface area contributed by atoms with E-state index in [0.29, 0.717) is 0 Å². The van der Waals surface area contributed by atoms with Crippen LogP contribution in [-0.4, -0.2) is 30.3 Å².